The molecule has 0 amide bonds. The standard InChI is InChI=1S/C20H30O3/c1-14-6-5-7-17-19(14,3)11-8-15(2)20(17,4)12-9-16(10-13-21)18(22)23/h6,10,13,15,17H,5,7-9,11-12H2,1-4H3,(H,22,23)/b16-10+/t15-,17+,19+,20+/m1/s1. The lowest BCUT2D eigenvalue weighted by atomic mass is 9.47. The first-order chi connectivity index (χ1) is 10.8. The van der Waals surface area contributed by atoms with Crippen LogP contribution in [0.15, 0.2) is 23.3 Å². The fourth-order valence-corrected chi connectivity index (χ4v) is 5.08. The molecule has 1 fully saturated rings. The van der Waals surface area contributed by atoms with Gasteiger partial charge in [-0.15, -0.1) is 0 Å². The van der Waals surface area contributed by atoms with Gasteiger partial charge in [0.2, 0.25) is 0 Å². The molecule has 2 aliphatic carbocycles. The number of carboxylic acid groups (broad SMARTS) is 1. The van der Waals surface area contributed by atoms with Gasteiger partial charge in [0.15, 0.2) is 0 Å². The van der Waals surface area contributed by atoms with E-state index in [1.165, 1.54) is 30.9 Å². The van der Waals surface area contributed by atoms with E-state index in [2.05, 4.69) is 33.8 Å². The molecule has 1 saturated carbocycles. The van der Waals surface area contributed by atoms with E-state index >= 15 is 0 Å². The van der Waals surface area contributed by atoms with Crippen molar-refractivity contribution in [3.63, 3.8) is 0 Å². The molecule has 0 radical (unpaired) electrons. The lowest BCUT2D eigenvalue weighted by Gasteiger charge is -2.58. The molecule has 0 heterocycles. The number of rotatable bonds is 5. The zero-order chi connectivity index (χ0) is 17.3. The summed E-state index contributed by atoms with van der Waals surface area (Å²) in [5.41, 5.74) is 2.12. The molecule has 0 aliphatic heterocycles. The molecule has 0 unspecified atom stereocenters. The van der Waals surface area contributed by atoms with Crippen molar-refractivity contribution in [1.82, 2.24) is 0 Å². The van der Waals surface area contributed by atoms with Crippen LogP contribution in [0.2, 0.25) is 0 Å². The average Bonchev–Trinajstić information content (AvgIpc) is 2.50. The smallest absolute Gasteiger partial charge is 0.331 e. The minimum Gasteiger partial charge on any atom is -0.478 e. The fraction of sp³-hybridized carbons (Fsp3) is 0.700. The molecular formula is C20H30O3. The minimum atomic E-state index is -0.966. The van der Waals surface area contributed by atoms with Gasteiger partial charge in [-0.3, -0.25) is 4.79 Å². The SMILES string of the molecule is CC1=CCC[C@@H]2[C@@](C)(CC/C(=C\C=O)C(=O)O)[C@H](C)CC[C@@]12C. The van der Waals surface area contributed by atoms with Crippen LogP contribution in [0.25, 0.3) is 0 Å². The first kappa shape index (κ1) is 18.0. The Morgan fingerprint density at radius 1 is 1.39 bits per heavy atom. The summed E-state index contributed by atoms with van der Waals surface area (Å²) >= 11 is 0. The highest BCUT2D eigenvalue weighted by atomic mass is 16.4. The van der Waals surface area contributed by atoms with Crippen molar-refractivity contribution in [2.24, 2.45) is 22.7 Å². The molecule has 2 aliphatic rings. The monoisotopic (exact) mass is 318 g/mol. The van der Waals surface area contributed by atoms with Crippen molar-refractivity contribution in [3.8, 4) is 0 Å². The third-order valence-electron chi connectivity index (χ3n) is 7.07. The Morgan fingerprint density at radius 3 is 2.70 bits per heavy atom. The summed E-state index contributed by atoms with van der Waals surface area (Å²) in [7, 11) is 0. The third kappa shape index (κ3) is 3.15. The summed E-state index contributed by atoms with van der Waals surface area (Å²) in [6, 6.07) is 0. The van der Waals surface area contributed by atoms with Crippen molar-refractivity contribution in [3.05, 3.63) is 23.3 Å². The van der Waals surface area contributed by atoms with Gasteiger partial charge >= 0.3 is 5.97 Å². The van der Waals surface area contributed by atoms with Crippen LogP contribution in [-0.4, -0.2) is 17.4 Å². The highest BCUT2D eigenvalue weighted by molar-refractivity contribution is 5.91. The molecule has 4 atom stereocenters. The van der Waals surface area contributed by atoms with Crippen LogP contribution in [-0.2, 0) is 9.59 Å². The summed E-state index contributed by atoms with van der Waals surface area (Å²) in [5.74, 6) is 0.208. The maximum Gasteiger partial charge on any atom is 0.331 e. The highest BCUT2D eigenvalue weighted by Gasteiger charge is 2.52. The fourth-order valence-electron chi connectivity index (χ4n) is 5.08. The van der Waals surface area contributed by atoms with Crippen molar-refractivity contribution in [2.75, 3.05) is 0 Å². The number of carbonyl (C=O) groups is 2. The minimum absolute atomic E-state index is 0.125. The van der Waals surface area contributed by atoms with Crippen LogP contribution in [0.1, 0.15) is 66.2 Å². The van der Waals surface area contributed by atoms with Crippen molar-refractivity contribution in [1.29, 1.82) is 0 Å². The molecule has 0 saturated heterocycles. The molecule has 128 valence electrons. The van der Waals surface area contributed by atoms with E-state index in [1.54, 1.807) is 0 Å². The van der Waals surface area contributed by atoms with Crippen LogP contribution in [0, 0.1) is 22.7 Å². The van der Waals surface area contributed by atoms with Crippen molar-refractivity contribution >= 4 is 12.3 Å². The number of aliphatic carboxylic acids is 1. The van der Waals surface area contributed by atoms with Crippen LogP contribution in [0.5, 0.6) is 0 Å². The van der Waals surface area contributed by atoms with Gasteiger partial charge < -0.3 is 5.11 Å². The summed E-state index contributed by atoms with van der Waals surface area (Å²) < 4.78 is 0. The van der Waals surface area contributed by atoms with Gasteiger partial charge in [-0.2, -0.15) is 0 Å². The van der Waals surface area contributed by atoms with E-state index in [4.69, 9.17) is 0 Å². The Balaban J connectivity index is 2.27. The van der Waals surface area contributed by atoms with Crippen LogP contribution < -0.4 is 0 Å². The molecule has 1 N–H and O–H groups in total. The zero-order valence-electron chi connectivity index (χ0n) is 14.9. The normalized spacial score (nSPS) is 37.7. The Morgan fingerprint density at radius 2 is 2.09 bits per heavy atom. The Hall–Kier alpha value is -1.38. The second-order valence-electron chi connectivity index (χ2n) is 8.01. The van der Waals surface area contributed by atoms with E-state index < -0.39 is 5.97 Å². The van der Waals surface area contributed by atoms with E-state index in [9.17, 15) is 14.7 Å². The number of allylic oxidation sites excluding steroid dienone is 3. The Kier molecular flexibility index (Phi) is 5.17. The molecule has 0 bridgehead atoms. The second-order valence-corrected chi connectivity index (χ2v) is 8.01. The first-order valence-electron chi connectivity index (χ1n) is 8.80. The molecule has 0 aromatic carbocycles. The van der Waals surface area contributed by atoms with Gasteiger partial charge in [-0.25, -0.2) is 4.79 Å². The molecule has 23 heavy (non-hydrogen) atoms. The summed E-state index contributed by atoms with van der Waals surface area (Å²) in [4.78, 5) is 22.0. The number of aldehydes is 1. The van der Waals surface area contributed by atoms with E-state index in [0.29, 0.717) is 24.5 Å². The summed E-state index contributed by atoms with van der Waals surface area (Å²) in [6.45, 7) is 9.32. The summed E-state index contributed by atoms with van der Waals surface area (Å²) in [5, 5.41) is 9.27. The number of fused-ring (bicyclic) bond motifs is 1. The molecule has 3 heteroatoms. The lowest BCUT2D eigenvalue weighted by Crippen LogP contribution is -2.49. The second kappa shape index (κ2) is 6.62. The van der Waals surface area contributed by atoms with Crippen molar-refractivity contribution < 1.29 is 14.7 Å². The Labute approximate surface area is 139 Å². The van der Waals surface area contributed by atoms with Crippen LogP contribution in [0.4, 0.5) is 0 Å². The van der Waals surface area contributed by atoms with Gasteiger partial charge in [0.05, 0.1) is 0 Å². The molecule has 0 aromatic rings. The zero-order valence-corrected chi connectivity index (χ0v) is 14.9. The van der Waals surface area contributed by atoms with Gasteiger partial charge in [-0.1, -0.05) is 32.4 Å². The summed E-state index contributed by atoms with van der Waals surface area (Å²) in [6.07, 6.45) is 10.2. The highest BCUT2D eigenvalue weighted by Crippen LogP contribution is 2.61. The van der Waals surface area contributed by atoms with Gasteiger partial charge in [0.1, 0.15) is 6.29 Å². The molecule has 0 spiro atoms. The largest absolute Gasteiger partial charge is 0.478 e. The molecule has 3 nitrogen and oxygen atoms in total. The average molecular weight is 318 g/mol. The predicted octanol–water partition coefficient (Wildman–Crippen LogP) is 4.78. The van der Waals surface area contributed by atoms with Crippen LogP contribution >= 0.6 is 0 Å². The number of carbonyl (C=O) groups excluding carboxylic acids is 1. The number of hydrogen-bond acceptors (Lipinski definition) is 2. The molecule has 2 rings (SSSR count). The molecule has 0 aromatic heterocycles. The van der Waals surface area contributed by atoms with E-state index in [1.807, 2.05) is 0 Å². The van der Waals surface area contributed by atoms with E-state index in [-0.39, 0.29) is 16.4 Å². The first-order valence-corrected chi connectivity index (χ1v) is 8.80. The van der Waals surface area contributed by atoms with Crippen molar-refractivity contribution in [2.45, 2.75) is 66.2 Å². The number of hydrogen-bond donors (Lipinski definition) is 1. The number of carboxylic acids is 1. The quantitative estimate of drug-likeness (QED) is 0.451. The molecular weight excluding hydrogens is 288 g/mol. The Bertz CT molecular complexity index is 545. The van der Waals surface area contributed by atoms with Gasteiger partial charge in [0, 0.05) is 5.57 Å². The van der Waals surface area contributed by atoms with E-state index in [0.717, 1.165) is 12.8 Å². The lowest BCUT2D eigenvalue weighted by molar-refractivity contribution is -0.133. The van der Waals surface area contributed by atoms with Crippen LogP contribution in [0.3, 0.4) is 0 Å². The van der Waals surface area contributed by atoms with Gasteiger partial charge in [0.25, 0.3) is 0 Å². The topological polar surface area (TPSA) is 54.4 Å². The maximum atomic E-state index is 11.3. The third-order valence-corrected chi connectivity index (χ3v) is 7.07. The maximum absolute atomic E-state index is 11.3. The predicted molar refractivity (Wildman–Crippen MR) is 92.1 cm³/mol. The van der Waals surface area contributed by atoms with Gasteiger partial charge in [-0.05, 0) is 74.2 Å².